The number of pyridine rings is 1. The molecule has 0 unspecified atom stereocenters. The Balaban J connectivity index is 2.03. The van der Waals surface area contributed by atoms with E-state index in [9.17, 15) is 0 Å². The van der Waals surface area contributed by atoms with Gasteiger partial charge in [0.1, 0.15) is 10.8 Å². The minimum Gasteiger partial charge on any atom is -0.269 e. The van der Waals surface area contributed by atoms with Gasteiger partial charge in [-0.3, -0.25) is 4.68 Å². The molecular weight excluding hydrogens is 222 g/mol. The normalized spacial score (nSPS) is 14.8. The predicted molar refractivity (Wildman–Crippen MR) is 63.4 cm³/mol. The molecule has 82 valence electrons. The van der Waals surface area contributed by atoms with E-state index < -0.39 is 0 Å². The van der Waals surface area contributed by atoms with Crippen LogP contribution in [0, 0.1) is 0 Å². The zero-order chi connectivity index (χ0) is 11.0. The van der Waals surface area contributed by atoms with E-state index in [0.29, 0.717) is 5.15 Å². The topological polar surface area (TPSA) is 30.7 Å². The Bertz CT molecular complexity index is 495. The molecule has 0 spiro atoms. The lowest BCUT2D eigenvalue weighted by molar-refractivity contribution is 0.487. The van der Waals surface area contributed by atoms with E-state index in [2.05, 4.69) is 20.8 Å². The molecule has 4 heteroatoms. The van der Waals surface area contributed by atoms with Crippen LogP contribution in [0.15, 0.2) is 24.3 Å². The molecule has 0 aliphatic carbocycles. The Morgan fingerprint density at radius 2 is 2.12 bits per heavy atom. The van der Waals surface area contributed by atoms with E-state index in [4.69, 9.17) is 11.6 Å². The summed E-state index contributed by atoms with van der Waals surface area (Å²) < 4.78 is 2.08. The summed E-state index contributed by atoms with van der Waals surface area (Å²) in [4.78, 5) is 4.28. The van der Waals surface area contributed by atoms with Crippen LogP contribution in [-0.4, -0.2) is 14.8 Å². The Morgan fingerprint density at radius 1 is 1.19 bits per heavy atom. The molecule has 0 bridgehead atoms. The molecule has 1 aliphatic heterocycles. The van der Waals surface area contributed by atoms with E-state index in [1.165, 1.54) is 18.5 Å². The van der Waals surface area contributed by atoms with Gasteiger partial charge in [0, 0.05) is 12.2 Å². The van der Waals surface area contributed by atoms with Crippen LogP contribution in [0.4, 0.5) is 0 Å². The molecule has 16 heavy (non-hydrogen) atoms. The molecule has 3 nitrogen and oxygen atoms in total. The Morgan fingerprint density at radius 3 is 2.94 bits per heavy atom. The number of aryl methyl sites for hydroxylation is 2. The second-order valence-corrected chi connectivity index (χ2v) is 4.43. The van der Waals surface area contributed by atoms with Gasteiger partial charge in [-0.05, 0) is 37.5 Å². The fourth-order valence-electron chi connectivity index (χ4n) is 2.09. The molecule has 0 saturated heterocycles. The SMILES string of the molecule is Clc1cccc(-c2cc3n(n2)CCCC3)n1. The van der Waals surface area contributed by atoms with Crippen molar-refractivity contribution < 1.29 is 0 Å². The lowest BCUT2D eigenvalue weighted by atomic mass is 10.1. The van der Waals surface area contributed by atoms with Crippen molar-refractivity contribution in [1.82, 2.24) is 14.8 Å². The maximum atomic E-state index is 5.88. The number of aromatic nitrogens is 3. The number of halogens is 1. The second-order valence-electron chi connectivity index (χ2n) is 4.05. The molecule has 0 amide bonds. The maximum absolute atomic E-state index is 5.88. The van der Waals surface area contributed by atoms with Crippen molar-refractivity contribution in [2.45, 2.75) is 25.8 Å². The monoisotopic (exact) mass is 233 g/mol. The summed E-state index contributed by atoms with van der Waals surface area (Å²) >= 11 is 5.88. The summed E-state index contributed by atoms with van der Waals surface area (Å²) in [5, 5.41) is 5.07. The number of rotatable bonds is 1. The molecule has 0 N–H and O–H groups in total. The quantitative estimate of drug-likeness (QED) is 0.709. The summed E-state index contributed by atoms with van der Waals surface area (Å²) in [7, 11) is 0. The van der Waals surface area contributed by atoms with E-state index in [0.717, 1.165) is 24.4 Å². The maximum Gasteiger partial charge on any atom is 0.129 e. The van der Waals surface area contributed by atoms with Crippen LogP contribution >= 0.6 is 11.6 Å². The van der Waals surface area contributed by atoms with Gasteiger partial charge in [-0.1, -0.05) is 17.7 Å². The van der Waals surface area contributed by atoms with Crippen molar-refractivity contribution in [3.05, 3.63) is 35.1 Å². The van der Waals surface area contributed by atoms with Crippen molar-refractivity contribution in [1.29, 1.82) is 0 Å². The third kappa shape index (κ3) is 1.71. The zero-order valence-electron chi connectivity index (χ0n) is 8.86. The van der Waals surface area contributed by atoms with Gasteiger partial charge >= 0.3 is 0 Å². The summed E-state index contributed by atoms with van der Waals surface area (Å²) in [5.74, 6) is 0. The molecule has 0 atom stereocenters. The van der Waals surface area contributed by atoms with Gasteiger partial charge in [0.25, 0.3) is 0 Å². The molecule has 1 aliphatic rings. The van der Waals surface area contributed by atoms with Gasteiger partial charge in [0.05, 0.1) is 5.69 Å². The molecule has 3 heterocycles. The highest BCUT2D eigenvalue weighted by molar-refractivity contribution is 6.29. The molecular formula is C12H12ClN3. The minimum atomic E-state index is 0.517. The van der Waals surface area contributed by atoms with Gasteiger partial charge in [0.2, 0.25) is 0 Å². The highest BCUT2D eigenvalue weighted by Gasteiger charge is 2.13. The van der Waals surface area contributed by atoms with Gasteiger partial charge < -0.3 is 0 Å². The molecule has 0 saturated carbocycles. The molecule has 3 rings (SSSR count). The third-order valence-corrected chi connectivity index (χ3v) is 3.10. The van der Waals surface area contributed by atoms with Crippen LogP contribution < -0.4 is 0 Å². The van der Waals surface area contributed by atoms with Crippen LogP contribution in [0.25, 0.3) is 11.4 Å². The number of hydrogen-bond acceptors (Lipinski definition) is 2. The van der Waals surface area contributed by atoms with Crippen molar-refractivity contribution in [3.63, 3.8) is 0 Å². The largest absolute Gasteiger partial charge is 0.269 e. The van der Waals surface area contributed by atoms with Gasteiger partial charge in [-0.15, -0.1) is 0 Å². The second kappa shape index (κ2) is 3.91. The Hall–Kier alpha value is -1.35. The highest BCUT2D eigenvalue weighted by atomic mass is 35.5. The standard InChI is InChI=1S/C12H12ClN3/c13-12-6-3-5-10(14-12)11-8-9-4-1-2-7-16(9)15-11/h3,5-6,8H,1-2,4,7H2. The average Bonchev–Trinajstić information content (AvgIpc) is 2.72. The van der Waals surface area contributed by atoms with E-state index in [-0.39, 0.29) is 0 Å². The Labute approximate surface area is 99.1 Å². The Kier molecular flexibility index (Phi) is 2.40. The lowest BCUT2D eigenvalue weighted by Gasteiger charge is -2.11. The highest BCUT2D eigenvalue weighted by Crippen LogP contribution is 2.22. The summed E-state index contributed by atoms with van der Waals surface area (Å²) in [6.07, 6.45) is 3.60. The van der Waals surface area contributed by atoms with Crippen LogP contribution in [-0.2, 0) is 13.0 Å². The van der Waals surface area contributed by atoms with Gasteiger partial charge in [-0.25, -0.2) is 4.98 Å². The number of nitrogens with zero attached hydrogens (tertiary/aromatic N) is 3. The average molecular weight is 234 g/mol. The summed E-state index contributed by atoms with van der Waals surface area (Å²) in [6, 6.07) is 7.75. The molecule has 2 aromatic heterocycles. The fourth-order valence-corrected chi connectivity index (χ4v) is 2.26. The minimum absolute atomic E-state index is 0.517. The van der Waals surface area contributed by atoms with Gasteiger partial charge in [0.15, 0.2) is 0 Å². The van der Waals surface area contributed by atoms with Crippen LogP contribution in [0.1, 0.15) is 18.5 Å². The molecule has 0 radical (unpaired) electrons. The van der Waals surface area contributed by atoms with Gasteiger partial charge in [-0.2, -0.15) is 5.10 Å². The first-order valence-electron chi connectivity index (χ1n) is 5.52. The smallest absolute Gasteiger partial charge is 0.129 e. The first-order chi connectivity index (χ1) is 7.83. The van der Waals surface area contributed by atoms with Crippen LogP contribution in [0.2, 0.25) is 5.15 Å². The number of fused-ring (bicyclic) bond motifs is 1. The molecule has 0 fully saturated rings. The van der Waals surface area contributed by atoms with Crippen molar-refractivity contribution in [3.8, 4) is 11.4 Å². The summed E-state index contributed by atoms with van der Waals surface area (Å²) in [5.41, 5.74) is 3.09. The molecule has 0 aromatic carbocycles. The zero-order valence-corrected chi connectivity index (χ0v) is 9.61. The van der Waals surface area contributed by atoms with Crippen molar-refractivity contribution in [2.24, 2.45) is 0 Å². The number of hydrogen-bond donors (Lipinski definition) is 0. The summed E-state index contributed by atoms with van der Waals surface area (Å²) in [6.45, 7) is 1.02. The van der Waals surface area contributed by atoms with Crippen LogP contribution in [0.5, 0.6) is 0 Å². The van der Waals surface area contributed by atoms with E-state index in [1.54, 1.807) is 6.07 Å². The van der Waals surface area contributed by atoms with Crippen molar-refractivity contribution >= 4 is 11.6 Å². The first-order valence-corrected chi connectivity index (χ1v) is 5.90. The third-order valence-electron chi connectivity index (χ3n) is 2.89. The molecule has 2 aromatic rings. The van der Waals surface area contributed by atoms with Crippen LogP contribution in [0.3, 0.4) is 0 Å². The first kappa shape index (κ1) is 9.85. The van der Waals surface area contributed by atoms with E-state index >= 15 is 0 Å². The predicted octanol–water partition coefficient (Wildman–Crippen LogP) is 2.93. The van der Waals surface area contributed by atoms with Crippen molar-refractivity contribution in [2.75, 3.05) is 0 Å². The fraction of sp³-hybridized carbons (Fsp3) is 0.333. The van der Waals surface area contributed by atoms with E-state index in [1.807, 2.05) is 12.1 Å². The lowest BCUT2D eigenvalue weighted by Crippen LogP contribution is -2.10.